The van der Waals surface area contributed by atoms with Gasteiger partial charge in [0, 0.05) is 13.7 Å². The van der Waals surface area contributed by atoms with E-state index in [1.165, 1.54) is 0 Å². The molecule has 108 valence electrons. The zero-order valence-corrected chi connectivity index (χ0v) is 12.5. The van der Waals surface area contributed by atoms with E-state index in [9.17, 15) is 0 Å². The zero-order valence-electron chi connectivity index (χ0n) is 11.8. The van der Waals surface area contributed by atoms with Crippen molar-refractivity contribution < 1.29 is 9.84 Å². The summed E-state index contributed by atoms with van der Waals surface area (Å²) in [6.07, 6.45) is 1.38. The Kier molecular flexibility index (Phi) is 5.04. The average molecular weight is 295 g/mol. The average Bonchev–Trinajstić information content (AvgIpc) is 2.73. The Morgan fingerprint density at radius 2 is 2.10 bits per heavy atom. The van der Waals surface area contributed by atoms with E-state index in [1.54, 1.807) is 4.68 Å². The van der Waals surface area contributed by atoms with E-state index >= 15 is 0 Å². The molecule has 0 aliphatic heterocycles. The van der Waals surface area contributed by atoms with Gasteiger partial charge < -0.3 is 9.84 Å². The second-order valence-corrected chi connectivity index (χ2v) is 4.93. The number of aryl methyl sites for hydroxylation is 2. The molecule has 0 atom stereocenters. The highest BCUT2D eigenvalue weighted by molar-refractivity contribution is 6.31. The first kappa shape index (κ1) is 14.9. The van der Waals surface area contributed by atoms with Crippen molar-refractivity contribution in [2.45, 2.75) is 26.4 Å². The standard InChI is InChI=1S/C15H19ClN2O2/c1-3-12-15(16)13(18(2)17-12)10-20-14-7-5-4-6-11(14)8-9-19/h4-7,19H,3,8-10H2,1-2H3. The lowest BCUT2D eigenvalue weighted by atomic mass is 10.1. The molecule has 0 unspecified atom stereocenters. The van der Waals surface area contributed by atoms with Gasteiger partial charge in [0.2, 0.25) is 0 Å². The molecule has 0 spiro atoms. The van der Waals surface area contributed by atoms with Crippen molar-refractivity contribution in [1.82, 2.24) is 9.78 Å². The van der Waals surface area contributed by atoms with Crippen LogP contribution in [-0.4, -0.2) is 21.5 Å². The van der Waals surface area contributed by atoms with Gasteiger partial charge in [0.15, 0.2) is 0 Å². The predicted octanol–water partition coefficient (Wildman–Crippen LogP) is 2.75. The fourth-order valence-electron chi connectivity index (χ4n) is 2.09. The summed E-state index contributed by atoms with van der Waals surface area (Å²) in [5.41, 5.74) is 2.74. The molecule has 0 saturated heterocycles. The van der Waals surface area contributed by atoms with Crippen molar-refractivity contribution in [3.8, 4) is 5.75 Å². The van der Waals surface area contributed by atoms with Crippen LogP contribution in [0.25, 0.3) is 0 Å². The SMILES string of the molecule is CCc1nn(C)c(COc2ccccc2CCO)c1Cl. The first-order chi connectivity index (χ1) is 9.67. The maximum Gasteiger partial charge on any atom is 0.131 e. The number of rotatable bonds is 6. The summed E-state index contributed by atoms with van der Waals surface area (Å²) < 4.78 is 7.60. The third-order valence-electron chi connectivity index (χ3n) is 3.22. The minimum Gasteiger partial charge on any atom is -0.487 e. The molecule has 0 aliphatic carbocycles. The monoisotopic (exact) mass is 294 g/mol. The quantitative estimate of drug-likeness (QED) is 0.891. The fourth-order valence-corrected chi connectivity index (χ4v) is 2.44. The van der Waals surface area contributed by atoms with E-state index in [-0.39, 0.29) is 6.61 Å². The molecular weight excluding hydrogens is 276 g/mol. The van der Waals surface area contributed by atoms with Crippen LogP contribution < -0.4 is 4.74 Å². The highest BCUT2D eigenvalue weighted by Crippen LogP contribution is 2.24. The Morgan fingerprint density at radius 1 is 1.35 bits per heavy atom. The molecule has 1 aromatic heterocycles. The van der Waals surface area contributed by atoms with Crippen LogP contribution in [-0.2, 0) is 26.5 Å². The molecule has 1 aromatic carbocycles. The Morgan fingerprint density at radius 3 is 2.75 bits per heavy atom. The van der Waals surface area contributed by atoms with Gasteiger partial charge in [0.05, 0.1) is 16.4 Å². The van der Waals surface area contributed by atoms with Crippen molar-refractivity contribution in [1.29, 1.82) is 0 Å². The molecule has 0 aliphatic rings. The van der Waals surface area contributed by atoms with Crippen LogP contribution in [0.2, 0.25) is 5.02 Å². The number of aliphatic hydroxyl groups excluding tert-OH is 1. The number of hydrogen-bond donors (Lipinski definition) is 1. The topological polar surface area (TPSA) is 47.3 Å². The largest absolute Gasteiger partial charge is 0.487 e. The molecule has 0 fully saturated rings. The molecule has 1 N–H and O–H groups in total. The molecule has 5 heteroatoms. The van der Waals surface area contributed by atoms with Crippen LogP contribution >= 0.6 is 11.6 Å². The summed E-state index contributed by atoms with van der Waals surface area (Å²) in [6, 6.07) is 7.70. The molecule has 0 saturated carbocycles. The number of hydrogen-bond acceptors (Lipinski definition) is 3. The van der Waals surface area contributed by atoms with Crippen LogP contribution in [0.1, 0.15) is 23.9 Å². The van der Waals surface area contributed by atoms with Crippen LogP contribution in [0.4, 0.5) is 0 Å². The summed E-state index contributed by atoms with van der Waals surface area (Å²) in [5.74, 6) is 0.775. The molecule has 0 bridgehead atoms. The smallest absolute Gasteiger partial charge is 0.131 e. The maximum atomic E-state index is 9.06. The Bertz CT molecular complexity index is 581. The molecular formula is C15H19ClN2O2. The second kappa shape index (κ2) is 6.77. The van der Waals surface area contributed by atoms with Crippen molar-refractivity contribution in [3.63, 3.8) is 0 Å². The van der Waals surface area contributed by atoms with Gasteiger partial charge in [-0.05, 0) is 24.5 Å². The lowest BCUT2D eigenvalue weighted by Gasteiger charge is -2.11. The van der Waals surface area contributed by atoms with Crippen molar-refractivity contribution in [2.75, 3.05) is 6.61 Å². The molecule has 2 rings (SSSR count). The first-order valence-corrected chi connectivity index (χ1v) is 7.07. The van der Waals surface area contributed by atoms with E-state index in [4.69, 9.17) is 21.4 Å². The van der Waals surface area contributed by atoms with E-state index in [0.717, 1.165) is 29.1 Å². The molecule has 2 aromatic rings. The van der Waals surface area contributed by atoms with Gasteiger partial charge in [0.25, 0.3) is 0 Å². The van der Waals surface area contributed by atoms with Gasteiger partial charge in [0.1, 0.15) is 12.4 Å². The lowest BCUT2D eigenvalue weighted by molar-refractivity contribution is 0.278. The Labute approximate surface area is 123 Å². The van der Waals surface area contributed by atoms with Crippen molar-refractivity contribution in [3.05, 3.63) is 46.2 Å². The van der Waals surface area contributed by atoms with Gasteiger partial charge in [-0.15, -0.1) is 0 Å². The van der Waals surface area contributed by atoms with Gasteiger partial charge in [-0.25, -0.2) is 0 Å². The number of aromatic nitrogens is 2. The number of para-hydroxylation sites is 1. The molecule has 0 radical (unpaired) electrons. The van der Waals surface area contributed by atoms with E-state index in [0.29, 0.717) is 18.1 Å². The lowest BCUT2D eigenvalue weighted by Crippen LogP contribution is -2.05. The predicted molar refractivity (Wildman–Crippen MR) is 79.2 cm³/mol. The summed E-state index contributed by atoms with van der Waals surface area (Å²) in [6.45, 7) is 2.49. The Balaban J connectivity index is 2.15. The number of benzene rings is 1. The third kappa shape index (κ3) is 3.14. The summed E-state index contributed by atoms with van der Waals surface area (Å²) in [5, 5.41) is 14.1. The first-order valence-electron chi connectivity index (χ1n) is 6.69. The van der Waals surface area contributed by atoms with Gasteiger partial charge in [-0.3, -0.25) is 4.68 Å². The van der Waals surface area contributed by atoms with Crippen molar-refractivity contribution >= 4 is 11.6 Å². The Hall–Kier alpha value is -1.52. The molecule has 0 amide bonds. The van der Waals surface area contributed by atoms with Crippen LogP contribution in [0.3, 0.4) is 0 Å². The van der Waals surface area contributed by atoms with Crippen LogP contribution in [0, 0.1) is 0 Å². The van der Waals surface area contributed by atoms with Crippen LogP contribution in [0.5, 0.6) is 5.75 Å². The van der Waals surface area contributed by atoms with E-state index in [2.05, 4.69) is 5.10 Å². The minimum atomic E-state index is 0.104. The maximum absolute atomic E-state index is 9.06. The van der Waals surface area contributed by atoms with Gasteiger partial charge >= 0.3 is 0 Å². The van der Waals surface area contributed by atoms with E-state index < -0.39 is 0 Å². The summed E-state index contributed by atoms with van der Waals surface area (Å²) >= 11 is 6.29. The number of aliphatic hydroxyl groups is 1. The summed E-state index contributed by atoms with van der Waals surface area (Å²) in [4.78, 5) is 0. The minimum absolute atomic E-state index is 0.104. The zero-order chi connectivity index (χ0) is 14.5. The highest BCUT2D eigenvalue weighted by Gasteiger charge is 2.14. The molecule has 1 heterocycles. The van der Waals surface area contributed by atoms with Crippen molar-refractivity contribution in [2.24, 2.45) is 7.05 Å². The normalized spacial score (nSPS) is 10.8. The van der Waals surface area contributed by atoms with Crippen LogP contribution in [0.15, 0.2) is 24.3 Å². The fraction of sp³-hybridized carbons (Fsp3) is 0.400. The summed E-state index contributed by atoms with van der Waals surface area (Å²) in [7, 11) is 1.86. The number of nitrogens with zero attached hydrogens (tertiary/aromatic N) is 2. The van der Waals surface area contributed by atoms with Gasteiger partial charge in [-0.2, -0.15) is 5.10 Å². The number of halogens is 1. The number of ether oxygens (including phenoxy) is 1. The van der Waals surface area contributed by atoms with E-state index in [1.807, 2.05) is 38.2 Å². The highest BCUT2D eigenvalue weighted by atomic mass is 35.5. The van der Waals surface area contributed by atoms with Gasteiger partial charge in [-0.1, -0.05) is 36.7 Å². The third-order valence-corrected chi connectivity index (χ3v) is 3.66. The second-order valence-electron chi connectivity index (χ2n) is 4.55. The molecule has 4 nitrogen and oxygen atoms in total. The molecule has 20 heavy (non-hydrogen) atoms.